The van der Waals surface area contributed by atoms with Gasteiger partial charge in [0, 0.05) is 6.54 Å². The highest BCUT2D eigenvalue weighted by Crippen LogP contribution is 2.22. The van der Waals surface area contributed by atoms with Crippen molar-refractivity contribution in [2.45, 2.75) is 32.8 Å². The molecule has 0 fully saturated rings. The van der Waals surface area contributed by atoms with Crippen molar-refractivity contribution in [1.29, 1.82) is 0 Å². The van der Waals surface area contributed by atoms with Crippen molar-refractivity contribution in [2.24, 2.45) is 0 Å². The van der Waals surface area contributed by atoms with Crippen molar-refractivity contribution in [3.63, 3.8) is 0 Å². The van der Waals surface area contributed by atoms with Crippen LogP contribution in [-0.4, -0.2) is 23.2 Å². The number of fused-ring (bicyclic) bond motifs is 1. The summed E-state index contributed by atoms with van der Waals surface area (Å²) >= 11 is 0. The Balaban J connectivity index is 2.05. The summed E-state index contributed by atoms with van der Waals surface area (Å²) in [7, 11) is 0. The molecular weight excluding hydrogens is 216 g/mol. The molecule has 1 aliphatic heterocycles. The molecule has 17 heavy (non-hydrogen) atoms. The molecule has 2 rings (SSSR count). The Morgan fingerprint density at radius 2 is 2.06 bits per heavy atom. The molecule has 0 saturated carbocycles. The molecule has 0 aliphatic carbocycles. The van der Waals surface area contributed by atoms with E-state index in [0.29, 0.717) is 6.54 Å². The molecular formula is C13H18N2O2. The zero-order chi connectivity index (χ0) is 12.5. The quantitative estimate of drug-likeness (QED) is 0.750. The number of ether oxygens (including phenoxy) is 1. The van der Waals surface area contributed by atoms with Gasteiger partial charge in [-0.2, -0.15) is 0 Å². The molecule has 4 nitrogen and oxygen atoms in total. The third-order valence-corrected chi connectivity index (χ3v) is 2.49. The lowest BCUT2D eigenvalue weighted by Crippen LogP contribution is -2.43. The van der Waals surface area contributed by atoms with Crippen molar-refractivity contribution >= 4 is 11.8 Å². The number of anilines is 1. The highest BCUT2D eigenvalue weighted by Gasteiger charge is 2.25. The second kappa shape index (κ2) is 4.28. The summed E-state index contributed by atoms with van der Waals surface area (Å²) < 4.78 is 5.32. The van der Waals surface area contributed by atoms with Gasteiger partial charge in [0.05, 0.1) is 5.69 Å². The normalized spacial score (nSPS) is 14.9. The maximum atomic E-state index is 11.9. The number of amides is 1. The maximum Gasteiger partial charge on any atom is 0.429 e. The second-order valence-corrected chi connectivity index (χ2v) is 5.15. The minimum Gasteiger partial charge on any atom is -0.442 e. The van der Waals surface area contributed by atoms with E-state index in [-0.39, 0.29) is 6.09 Å². The summed E-state index contributed by atoms with van der Waals surface area (Å²) in [6.45, 7) is 6.22. The Hall–Kier alpha value is -1.71. The Labute approximate surface area is 102 Å². The Kier molecular flexibility index (Phi) is 2.96. The van der Waals surface area contributed by atoms with E-state index >= 15 is 0 Å². The van der Waals surface area contributed by atoms with Gasteiger partial charge in [0.25, 0.3) is 0 Å². The second-order valence-electron chi connectivity index (χ2n) is 5.15. The number of carbonyl (C=O) groups excluding carboxylic acids is 1. The summed E-state index contributed by atoms with van der Waals surface area (Å²) in [5.41, 5.74) is 4.82. The van der Waals surface area contributed by atoms with Crippen LogP contribution in [0.3, 0.4) is 0 Å². The summed E-state index contributed by atoms with van der Waals surface area (Å²) in [5, 5.41) is 1.52. The monoisotopic (exact) mass is 234 g/mol. The Bertz CT molecular complexity index is 424. The minimum absolute atomic E-state index is 0.327. The number of hydrogen-bond donors (Lipinski definition) is 1. The number of hydrogen-bond acceptors (Lipinski definition) is 3. The summed E-state index contributed by atoms with van der Waals surface area (Å²) in [6.07, 6.45) is 0.523. The smallest absolute Gasteiger partial charge is 0.429 e. The molecule has 0 atom stereocenters. The van der Waals surface area contributed by atoms with Crippen LogP contribution in [0.2, 0.25) is 0 Å². The lowest BCUT2D eigenvalue weighted by Gasteiger charge is -2.32. The van der Waals surface area contributed by atoms with Crippen molar-refractivity contribution in [1.82, 2.24) is 5.01 Å². The van der Waals surface area contributed by atoms with Crippen LogP contribution >= 0.6 is 0 Å². The molecule has 0 saturated heterocycles. The van der Waals surface area contributed by atoms with Gasteiger partial charge in [-0.3, -0.25) is 5.43 Å². The number of hydrazine groups is 1. The first-order valence-electron chi connectivity index (χ1n) is 5.81. The number of carbonyl (C=O) groups is 1. The van der Waals surface area contributed by atoms with E-state index in [1.165, 1.54) is 10.6 Å². The lowest BCUT2D eigenvalue weighted by atomic mass is 10.1. The Morgan fingerprint density at radius 3 is 2.76 bits per heavy atom. The molecule has 0 bridgehead atoms. The lowest BCUT2D eigenvalue weighted by molar-refractivity contribution is 0.0292. The largest absolute Gasteiger partial charge is 0.442 e. The fraction of sp³-hybridized carbons (Fsp3) is 0.462. The standard InChI is InChI=1S/C13H18N2O2/c1-13(2,3)17-12(16)15-9-8-10-6-4-5-7-11(10)14-15/h4-7,14H,8-9H2,1-3H3. The maximum absolute atomic E-state index is 11.9. The van der Waals surface area contributed by atoms with E-state index in [0.717, 1.165) is 12.1 Å². The molecule has 0 radical (unpaired) electrons. The first-order chi connectivity index (χ1) is 7.96. The van der Waals surface area contributed by atoms with E-state index in [1.54, 1.807) is 0 Å². The fourth-order valence-electron chi connectivity index (χ4n) is 1.73. The topological polar surface area (TPSA) is 41.6 Å². The zero-order valence-corrected chi connectivity index (χ0v) is 10.5. The number of nitrogens with one attached hydrogen (secondary N) is 1. The van der Waals surface area contributed by atoms with Crippen LogP contribution in [0, 0.1) is 0 Å². The molecule has 0 spiro atoms. The van der Waals surface area contributed by atoms with E-state index in [4.69, 9.17) is 4.74 Å². The number of para-hydroxylation sites is 1. The summed E-state index contributed by atoms with van der Waals surface area (Å²) in [5.74, 6) is 0. The SMILES string of the molecule is CC(C)(C)OC(=O)N1CCc2ccccc2N1. The molecule has 1 aromatic carbocycles. The predicted octanol–water partition coefficient (Wildman–Crippen LogP) is 2.81. The van der Waals surface area contributed by atoms with Gasteiger partial charge in [-0.25, -0.2) is 9.80 Å². The van der Waals surface area contributed by atoms with Gasteiger partial charge >= 0.3 is 6.09 Å². The number of rotatable bonds is 0. The van der Waals surface area contributed by atoms with E-state index in [2.05, 4.69) is 11.5 Å². The van der Waals surface area contributed by atoms with Crippen LogP contribution in [0.5, 0.6) is 0 Å². The van der Waals surface area contributed by atoms with Gasteiger partial charge in [-0.15, -0.1) is 0 Å². The van der Waals surface area contributed by atoms with Crippen LogP contribution in [0.25, 0.3) is 0 Å². The molecule has 1 amide bonds. The van der Waals surface area contributed by atoms with Crippen LogP contribution < -0.4 is 5.43 Å². The third-order valence-electron chi connectivity index (χ3n) is 2.49. The van der Waals surface area contributed by atoms with Gasteiger partial charge in [0.1, 0.15) is 5.60 Å². The molecule has 1 aliphatic rings. The van der Waals surface area contributed by atoms with E-state index in [1.807, 2.05) is 39.0 Å². The Morgan fingerprint density at radius 1 is 1.35 bits per heavy atom. The number of nitrogens with zero attached hydrogens (tertiary/aromatic N) is 1. The van der Waals surface area contributed by atoms with Crippen molar-refractivity contribution in [3.8, 4) is 0 Å². The minimum atomic E-state index is -0.463. The third kappa shape index (κ3) is 2.90. The highest BCUT2D eigenvalue weighted by molar-refractivity contribution is 5.71. The number of benzene rings is 1. The van der Waals surface area contributed by atoms with E-state index in [9.17, 15) is 4.79 Å². The molecule has 92 valence electrons. The van der Waals surface area contributed by atoms with Crippen molar-refractivity contribution in [2.75, 3.05) is 12.0 Å². The van der Waals surface area contributed by atoms with Gasteiger partial charge in [-0.05, 0) is 38.8 Å². The molecule has 1 N–H and O–H groups in total. The van der Waals surface area contributed by atoms with Crippen molar-refractivity contribution in [3.05, 3.63) is 29.8 Å². The molecule has 4 heteroatoms. The molecule has 0 unspecified atom stereocenters. The summed E-state index contributed by atoms with van der Waals surface area (Å²) in [4.78, 5) is 11.9. The highest BCUT2D eigenvalue weighted by atomic mass is 16.6. The van der Waals surface area contributed by atoms with Gasteiger partial charge in [0.2, 0.25) is 0 Å². The average Bonchev–Trinajstić information content (AvgIpc) is 2.26. The van der Waals surface area contributed by atoms with Gasteiger partial charge in [0.15, 0.2) is 0 Å². The van der Waals surface area contributed by atoms with E-state index < -0.39 is 5.60 Å². The van der Waals surface area contributed by atoms with Gasteiger partial charge in [-0.1, -0.05) is 18.2 Å². The van der Waals surface area contributed by atoms with Crippen molar-refractivity contribution < 1.29 is 9.53 Å². The predicted molar refractivity (Wildman–Crippen MR) is 66.7 cm³/mol. The van der Waals surface area contributed by atoms with Gasteiger partial charge < -0.3 is 4.74 Å². The molecule has 1 heterocycles. The first kappa shape index (κ1) is 11.8. The molecule has 0 aromatic heterocycles. The van der Waals surface area contributed by atoms with Crippen LogP contribution in [-0.2, 0) is 11.2 Å². The van der Waals surface area contributed by atoms with Crippen LogP contribution in [0.15, 0.2) is 24.3 Å². The molecule has 1 aromatic rings. The summed E-state index contributed by atoms with van der Waals surface area (Å²) in [6, 6.07) is 7.98. The van der Waals surface area contributed by atoms with Crippen LogP contribution in [0.1, 0.15) is 26.3 Å². The fourth-order valence-corrected chi connectivity index (χ4v) is 1.73. The zero-order valence-electron chi connectivity index (χ0n) is 10.5. The first-order valence-corrected chi connectivity index (χ1v) is 5.81. The average molecular weight is 234 g/mol. The van der Waals surface area contributed by atoms with Crippen LogP contribution in [0.4, 0.5) is 10.5 Å².